The molecule has 132 valence electrons. The van der Waals surface area contributed by atoms with Crippen molar-refractivity contribution in [2.75, 3.05) is 25.1 Å². The Labute approximate surface area is 145 Å². The van der Waals surface area contributed by atoms with Crippen molar-refractivity contribution in [2.45, 2.75) is 18.6 Å². The molecule has 1 N–H and O–H groups in total. The van der Waals surface area contributed by atoms with Crippen LogP contribution in [0.15, 0.2) is 48.5 Å². The van der Waals surface area contributed by atoms with Crippen molar-refractivity contribution in [3.8, 4) is 0 Å². The summed E-state index contributed by atoms with van der Waals surface area (Å²) in [7, 11) is 1.49. The lowest BCUT2D eigenvalue weighted by Gasteiger charge is -2.21. The van der Waals surface area contributed by atoms with Gasteiger partial charge in [-0.1, -0.05) is 30.3 Å². The number of carbonyl (C=O) groups excluding carboxylic acids is 1. The predicted molar refractivity (Wildman–Crippen MR) is 91.3 cm³/mol. The summed E-state index contributed by atoms with van der Waals surface area (Å²) in [6, 6.07) is 12.7. The maximum atomic E-state index is 13.9. The molecule has 2 unspecified atom stereocenters. The van der Waals surface area contributed by atoms with Crippen LogP contribution in [0.1, 0.15) is 18.1 Å². The summed E-state index contributed by atoms with van der Waals surface area (Å²) in [4.78, 5) is 14.3. The Morgan fingerprint density at radius 3 is 2.68 bits per heavy atom. The second-order valence-corrected chi connectivity index (χ2v) is 6.06. The highest BCUT2D eigenvalue weighted by atomic mass is 19.1. The lowest BCUT2D eigenvalue weighted by molar-refractivity contribution is -0.132. The summed E-state index contributed by atoms with van der Waals surface area (Å²) in [5.41, 5.74) is 1.13. The molecule has 0 spiro atoms. The number of hydrogen-bond donors (Lipinski definition) is 1. The Hall–Kier alpha value is -2.47. The second-order valence-electron chi connectivity index (χ2n) is 6.06. The fourth-order valence-corrected chi connectivity index (χ4v) is 3.13. The number of methoxy groups -OCH3 is 1. The van der Waals surface area contributed by atoms with Crippen LogP contribution in [0.5, 0.6) is 0 Å². The Morgan fingerprint density at radius 2 is 2.00 bits per heavy atom. The summed E-state index contributed by atoms with van der Waals surface area (Å²) in [6.07, 6.45) is 0.00569. The number of amides is 1. The van der Waals surface area contributed by atoms with Crippen molar-refractivity contribution in [1.29, 1.82) is 0 Å². The van der Waals surface area contributed by atoms with Crippen molar-refractivity contribution in [2.24, 2.45) is 0 Å². The van der Waals surface area contributed by atoms with Gasteiger partial charge in [0.2, 0.25) is 0 Å². The van der Waals surface area contributed by atoms with Gasteiger partial charge in [-0.25, -0.2) is 8.78 Å². The van der Waals surface area contributed by atoms with E-state index in [1.165, 1.54) is 19.2 Å². The third-order valence-corrected chi connectivity index (χ3v) is 4.36. The van der Waals surface area contributed by atoms with E-state index in [1.54, 1.807) is 0 Å². The van der Waals surface area contributed by atoms with Crippen LogP contribution in [0.25, 0.3) is 0 Å². The molecular weight excluding hydrogens is 326 g/mol. The normalized spacial score (nSPS) is 18.2. The van der Waals surface area contributed by atoms with Gasteiger partial charge in [0.1, 0.15) is 11.6 Å². The molecule has 25 heavy (non-hydrogen) atoms. The minimum absolute atomic E-state index is 0.113. The second kappa shape index (κ2) is 7.61. The number of hydrogen-bond acceptors (Lipinski definition) is 3. The van der Waals surface area contributed by atoms with Gasteiger partial charge in [-0.2, -0.15) is 0 Å². The van der Waals surface area contributed by atoms with Crippen molar-refractivity contribution >= 4 is 11.6 Å². The largest absolute Gasteiger partial charge is 0.367 e. The maximum Gasteiger partial charge on any atom is 0.254 e. The van der Waals surface area contributed by atoms with Crippen LogP contribution >= 0.6 is 0 Å². The molecule has 1 heterocycles. The topological polar surface area (TPSA) is 41.6 Å². The minimum Gasteiger partial charge on any atom is -0.367 e. The monoisotopic (exact) mass is 346 g/mol. The molecule has 1 fully saturated rings. The van der Waals surface area contributed by atoms with Gasteiger partial charge >= 0.3 is 0 Å². The van der Waals surface area contributed by atoms with Crippen LogP contribution in [0, 0.1) is 11.6 Å². The third kappa shape index (κ3) is 3.96. The minimum atomic E-state index is -0.683. The first-order chi connectivity index (χ1) is 12.1. The molecule has 1 aliphatic heterocycles. The highest BCUT2D eigenvalue weighted by Gasteiger charge is 2.28. The van der Waals surface area contributed by atoms with Crippen molar-refractivity contribution in [1.82, 2.24) is 5.32 Å². The molecule has 4 nitrogen and oxygen atoms in total. The van der Waals surface area contributed by atoms with Gasteiger partial charge in [-0.15, -0.1) is 0 Å². The van der Waals surface area contributed by atoms with Gasteiger partial charge < -0.3 is 15.0 Å². The van der Waals surface area contributed by atoms with E-state index in [0.717, 1.165) is 11.6 Å². The number of rotatable bonds is 5. The number of ether oxygens (including phenoxy) is 1. The highest BCUT2D eigenvalue weighted by Crippen LogP contribution is 2.25. The molecule has 0 bridgehead atoms. The Balaban J connectivity index is 1.63. The lowest BCUT2D eigenvalue weighted by Crippen LogP contribution is -2.40. The molecule has 1 aliphatic rings. The van der Waals surface area contributed by atoms with E-state index in [2.05, 4.69) is 5.32 Å². The standard InChI is InChI=1S/C19H20F2N2O2/c1-25-18(13-5-3-2-4-6-13)19(24)22-15-9-10-23(12-15)17-8-7-14(20)11-16(17)21/h2-8,11,15,18H,9-10,12H2,1H3,(H,22,24). The molecule has 1 amide bonds. The smallest absolute Gasteiger partial charge is 0.254 e. The number of carbonyl (C=O) groups is 1. The van der Waals surface area contributed by atoms with E-state index in [9.17, 15) is 13.6 Å². The zero-order valence-corrected chi connectivity index (χ0v) is 13.9. The summed E-state index contributed by atoms with van der Waals surface area (Å²) in [5, 5.41) is 2.96. The first-order valence-electron chi connectivity index (χ1n) is 8.16. The molecule has 2 atom stereocenters. The zero-order chi connectivity index (χ0) is 17.8. The van der Waals surface area contributed by atoms with E-state index < -0.39 is 17.7 Å². The summed E-state index contributed by atoms with van der Waals surface area (Å²) < 4.78 is 32.3. The average molecular weight is 346 g/mol. The first-order valence-corrected chi connectivity index (χ1v) is 8.16. The number of benzene rings is 2. The number of anilines is 1. The summed E-state index contributed by atoms with van der Waals surface area (Å²) >= 11 is 0. The molecule has 2 aromatic carbocycles. The van der Waals surface area contributed by atoms with Crippen LogP contribution in [0.2, 0.25) is 0 Å². The van der Waals surface area contributed by atoms with Crippen LogP contribution < -0.4 is 10.2 Å². The number of halogens is 2. The van der Waals surface area contributed by atoms with Crippen molar-refractivity contribution < 1.29 is 18.3 Å². The molecule has 0 aromatic heterocycles. The molecule has 2 aromatic rings. The third-order valence-electron chi connectivity index (χ3n) is 4.36. The lowest BCUT2D eigenvalue weighted by atomic mass is 10.1. The van der Waals surface area contributed by atoms with Crippen LogP contribution in [-0.2, 0) is 9.53 Å². The van der Waals surface area contributed by atoms with E-state index in [-0.39, 0.29) is 11.9 Å². The molecule has 0 saturated carbocycles. The van der Waals surface area contributed by atoms with E-state index in [1.807, 2.05) is 35.2 Å². The quantitative estimate of drug-likeness (QED) is 0.905. The maximum absolute atomic E-state index is 13.9. The first kappa shape index (κ1) is 17.4. The molecule has 6 heteroatoms. The summed E-state index contributed by atoms with van der Waals surface area (Å²) in [5.74, 6) is -1.41. The zero-order valence-electron chi connectivity index (χ0n) is 13.9. The molecule has 3 rings (SSSR count). The predicted octanol–water partition coefficient (Wildman–Crippen LogP) is 3.05. The Bertz CT molecular complexity index is 739. The van der Waals surface area contributed by atoms with Crippen LogP contribution in [0.3, 0.4) is 0 Å². The summed E-state index contributed by atoms with van der Waals surface area (Å²) in [6.45, 7) is 1.07. The molecule has 0 aliphatic carbocycles. The molecular formula is C19H20F2N2O2. The van der Waals surface area contributed by atoms with Gasteiger partial charge in [0.05, 0.1) is 5.69 Å². The fraction of sp³-hybridized carbons (Fsp3) is 0.316. The van der Waals surface area contributed by atoms with Crippen LogP contribution in [0.4, 0.5) is 14.5 Å². The van der Waals surface area contributed by atoms with Crippen molar-refractivity contribution in [3.05, 3.63) is 65.7 Å². The van der Waals surface area contributed by atoms with Gasteiger partial charge in [0, 0.05) is 32.3 Å². The molecule has 1 saturated heterocycles. The number of nitrogens with zero attached hydrogens (tertiary/aromatic N) is 1. The van der Waals surface area contributed by atoms with E-state index in [4.69, 9.17) is 4.74 Å². The Kier molecular flexibility index (Phi) is 5.28. The van der Waals surface area contributed by atoms with Gasteiger partial charge in [-0.05, 0) is 24.1 Å². The van der Waals surface area contributed by atoms with Crippen molar-refractivity contribution in [3.63, 3.8) is 0 Å². The van der Waals surface area contributed by atoms with Gasteiger partial charge in [0.25, 0.3) is 5.91 Å². The van der Waals surface area contributed by atoms with Gasteiger partial charge in [0.15, 0.2) is 6.10 Å². The van der Waals surface area contributed by atoms with E-state index >= 15 is 0 Å². The van der Waals surface area contributed by atoms with E-state index in [0.29, 0.717) is 25.2 Å². The Morgan fingerprint density at radius 1 is 1.24 bits per heavy atom. The molecule has 0 radical (unpaired) electrons. The highest BCUT2D eigenvalue weighted by molar-refractivity contribution is 5.82. The average Bonchev–Trinajstić information content (AvgIpc) is 3.04. The SMILES string of the molecule is COC(C(=O)NC1CCN(c2ccc(F)cc2F)C1)c1ccccc1. The fourth-order valence-electron chi connectivity index (χ4n) is 3.13. The number of nitrogens with one attached hydrogen (secondary N) is 1. The van der Waals surface area contributed by atoms with Gasteiger partial charge in [-0.3, -0.25) is 4.79 Å². The van der Waals surface area contributed by atoms with Crippen LogP contribution in [-0.4, -0.2) is 32.1 Å².